The van der Waals surface area contributed by atoms with Gasteiger partial charge in [0.25, 0.3) is 0 Å². The number of rotatable bonds is 8. The van der Waals surface area contributed by atoms with Crippen LogP contribution in [0.2, 0.25) is 0 Å². The zero-order valence-corrected chi connectivity index (χ0v) is 9.61. The Bertz CT molecular complexity index is 192. The third-order valence-electron chi connectivity index (χ3n) is 1.98. The normalized spacial score (nSPS) is 11.2. The van der Waals surface area contributed by atoms with Crippen molar-refractivity contribution < 1.29 is 14.6 Å². The minimum Gasteiger partial charge on any atom is -0.463 e. The van der Waals surface area contributed by atoms with Gasteiger partial charge >= 0.3 is 5.97 Å². The fourth-order valence-electron chi connectivity index (χ4n) is 1.16. The summed E-state index contributed by atoms with van der Waals surface area (Å²) in [6, 6.07) is 0. The monoisotopic (exact) mass is 215 g/mol. The molecule has 0 aromatic rings. The highest BCUT2D eigenvalue weighted by Crippen LogP contribution is 1.92. The first-order valence-corrected chi connectivity index (χ1v) is 5.41. The van der Waals surface area contributed by atoms with Crippen LogP contribution in [-0.2, 0) is 9.53 Å². The van der Waals surface area contributed by atoms with Crippen molar-refractivity contribution in [2.24, 2.45) is 0 Å². The van der Waals surface area contributed by atoms with Crippen molar-refractivity contribution in [3.05, 3.63) is 12.2 Å². The maximum atomic E-state index is 11.0. The van der Waals surface area contributed by atoms with Crippen molar-refractivity contribution in [2.75, 3.05) is 32.8 Å². The molecule has 4 nitrogen and oxygen atoms in total. The van der Waals surface area contributed by atoms with Gasteiger partial charge < -0.3 is 9.84 Å². The number of esters is 1. The Morgan fingerprint density at radius 3 is 2.73 bits per heavy atom. The lowest BCUT2D eigenvalue weighted by molar-refractivity contribution is -0.137. The highest BCUT2D eigenvalue weighted by atomic mass is 16.5. The fraction of sp³-hybridized carbons (Fsp3) is 0.727. The van der Waals surface area contributed by atoms with Crippen LogP contribution in [0.1, 0.15) is 20.3 Å². The van der Waals surface area contributed by atoms with E-state index in [2.05, 4.69) is 11.8 Å². The number of aliphatic hydroxyl groups excluding tert-OH is 1. The number of aliphatic hydroxyl groups is 1. The SMILES string of the molecule is CCOC(=O)/C=C/CN(CC)CCCO. The molecule has 0 amide bonds. The lowest BCUT2D eigenvalue weighted by Gasteiger charge is -2.17. The molecule has 0 atom stereocenters. The molecule has 0 spiro atoms. The zero-order valence-electron chi connectivity index (χ0n) is 9.61. The molecule has 0 heterocycles. The Hall–Kier alpha value is -0.870. The molecule has 0 aromatic heterocycles. The minimum atomic E-state index is -0.296. The molecular weight excluding hydrogens is 194 g/mol. The Morgan fingerprint density at radius 1 is 1.47 bits per heavy atom. The van der Waals surface area contributed by atoms with Gasteiger partial charge in [-0.05, 0) is 19.9 Å². The van der Waals surface area contributed by atoms with E-state index in [1.807, 2.05) is 0 Å². The van der Waals surface area contributed by atoms with Gasteiger partial charge in [0.05, 0.1) is 6.61 Å². The van der Waals surface area contributed by atoms with Crippen LogP contribution in [0.4, 0.5) is 0 Å². The van der Waals surface area contributed by atoms with Gasteiger partial charge in [0.1, 0.15) is 0 Å². The van der Waals surface area contributed by atoms with Crippen LogP contribution >= 0.6 is 0 Å². The van der Waals surface area contributed by atoms with Crippen LogP contribution in [0.15, 0.2) is 12.2 Å². The van der Waals surface area contributed by atoms with Crippen LogP contribution in [-0.4, -0.2) is 48.8 Å². The molecule has 1 N–H and O–H groups in total. The smallest absolute Gasteiger partial charge is 0.330 e. The summed E-state index contributed by atoms with van der Waals surface area (Å²) < 4.78 is 4.75. The van der Waals surface area contributed by atoms with E-state index >= 15 is 0 Å². The molecule has 0 saturated carbocycles. The van der Waals surface area contributed by atoms with Gasteiger partial charge in [-0.2, -0.15) is 0 Å². The number of carbonyl (C=O) groups is 1. The van der Waals surface area contributed by atoms with E-state index < -0.39 is 0 Å². The summed E-state index contributed by atoms with van der Waals surface area (Å²) in [5.41, 5.74) is 0. The van der Waals surface area contributed by atoms with Crippen LogP contribution < -0.4 is 0 Å². The third-order valence-corrected chi connectivity index (χ3v) is 1.98. The van der Waals surface area contributed by atoms with Gasteiger partial charge in [-0.15, -0.1) is 0 Å². The number of ether oxygens (including phenoxy) is 1. The first-order valence-electron chi connectivity index (χ1n) is 5.41. The zero-order chi connectivity index (χ0) is 11.5. The Labute approximate surface area is 91.5 Å². The lowest BCUT2D eigenvalue weighted by Crippen LogP contribution is -2.25. The van der Waals surface area contributed by atoms with Crippen LogP contribution in [0, 0.1) is 0 Å². The summed E-state index contributed by atoms with van der Waals surface area (Å²) in [7, 11) is 0. The van der Waals surface area contributed by atoms with E-state index in [4.69, 9.17) is 9.84 Å². The first-order chi connectivity index (χ1) is 7.24. The largest absolute Gasteiger partial charge is 0.463 e. The molecule has 15 heavy (non-hydrogen) atoms. The summed E-state index contributed by atoms with van der Waals surface area (Å²) in [6.45, 7) is 6.92. The number of nitrogens with zero attached hydrogens (tertiary/aromatic N) is 1. The van der Waals surface area contributed by atoms with Crippen LogP contribution in [0.25, 0.3) is 0 Å². The average molecular weight is 215 g/mol. The molecule has 0 radical (unpaired) electrons. The highest BCUT2D eigenvalue weighted by Gasteiger charge is 1.99. The Balaban J connectivity index is 3.73. The summed E-state index contributed by atoms with van der Waals surface area (Å²) in [5.74, 6) is -0.296. The molecule has 0 aromatic carbocycles. The van der Waals surface area contributed by atoms with Gasteiger partial charge in [-0.25, -0.2) is 4.79 Å². The number of hydrogen-bond acceptors (Lipinski definition) is 4. The van der Waals surface area contributed by atoms with E-state index in [1.165, 1.54) is 6.08 Å². The number of likely N-dealkylation sites (N-methyl/N-ethyl adjacent to an activating group) is 1. The predicted molar refractivity (Wildman–Crippen MR) is 59.6 cm³/mol. The second-order valence-corrected chi connectivity index (χ2v) is 3.12. The predicted octanol–water partition coefficient (Wildman–Crippen LogP) is 0.810. The number of carbonyl (C=O) groups excluding carboxylic acids is 1. The molecule has 0 rings (SSSR count). The quantitative estimate of drug-likeness (QED) is 0.481. The maximum absolute atomic E-state index is 11.0. The van der Waals surface area contributed by atoms with Crippen molar-refractivity contribution >= 4 is 5.97 Å². The molecule has 88 valence electrons. The summed E-state index contributed by atoms with van der Waals surface area (Å²) >= 11 is 0. The summed E-state index contributed by atoms with van der Waals surface area (Å²) in [5, 5.41) is 8.68. The molecule has 0 aliphatic rings. The number of hydrogen-bond donors (Lipinski definition) is 1. The van der Waals surface area contributed by atoms with E-state index in [-0.39, 0.29) is 12.6 Å². The average Bonchev–Trinajstić information content (AvgIpc) is 2.23. The van der Waals surface area contributed by atoms with E-state index in [9.17, 15) is 4.79 Å². The summed E-state index contributed by atoms with van der Waals surface area (Å²) in [4.78, 5) is 13.1. The van der Waals surface area contributed by atoms with Gasteiger partial charge in [0.15, 0.2) is 0 Å². The second-order valence-electron chi connectivity index (χ2n) is 3.12. The van der Waals surface area contributed by atoms with E-state index in [0.717, 1.165) is 26.1 Å². The van der Waals surface area contributed by atoms with Crippen molar-refractivity contribution in [2.45, 2.75) is 20.3 Å². The Kier molecular flexibility index (Phi) is 9.11. The van der Waals surface area contributed by atoms with Gasteiger partial charge in [0, 0.05) is 25.8 Å². The summed E-state index contributed by atoms with van der Waals surface area (Å²) in [6.07, 6.45) is 4.01. The standard InChI is InChI=1S/C11H21NO3/c1-3-12(9-6-10-13)8-5-7-11(14)15-4-2/h5,7,13H,3-4,6,8-10H2,1-2H3/b7-5+. The van der Waals surface area contributed by atoms with Gasteiger partial charge in [-0.3, -0.25) is 4.90 Å². The van der Waals surface area contributed by atoms with Gasteiger partial charge in [0.2, 0.25) is 0 Å². The van der Waals surface area contributed by atoms with Crippen molar-refractivity contribution in [3.8, 4) is 0 Å². The van der Waals surface area contributed by atoms with Crippen molar-refractivity contribution in [1.29, 1.82) is 0 Å². The first kappa shape index (κ1) is 14.1. The van der Waals surface area contributed by atoms with E-state index in [0.29, 0.717) is 6.61 Å². The topological polar surface area (TPSA) is 49.8 Å². The van der Waals surface area contributed by atoms with E-state index in [1.54, 1.807) is 13.0 Å². The van der Waals surface area contributed by atoms with Crippen molar-refractivity contribution in [3.63, 3.8) is 0 Å². The molecule has 4 heteroatoms. The molecule has 0 bridgehead atoms. The van der Waals surface area contributed by atoms with Crippen molar-refractivity contribution in [1.82, 2.24) is 4.90 Å². The molecule has 0 saturated heterocycles. The molecular formula is C11H21NO3. The molecule has 0 fully saturated rings. The molecule has 0 aliphatic carbocycles. The molecule has 0 aliphatic heterocycles. The Morgan fingerprint density at radius 2 is 2.20 bits per heavy atom. The lowest BCUT2D eigenvalue weighted by atomic mass is 10.3. The van der Waals surface area contributed by atoms with Crippen LogP contribution in [0.3, 0.4) is 0 Å². The maximum Gasteiger partial charge on any atom is 0.330 e. The van der Waals surface area contributed by atoms with Gasteiger partial charge in [-0.1, -0.05) is 13.0 Å². The molecule has 0 unspecified atom stereocenters. The minimum absolute atomic E-state index is 0.206. The van der Waals surface area contributed by atoms with Crippen LogP contribution in [0.5, 0.6) is 0 Å². The highest BCUT2D eigenvalue weighted by molar-refractivity contribution is 5.81. The fourth-order valence-corrected chi connectivity index (χ4v) is 1.16. The third kappa shape index (κ3) is 8.15. The second kappa shape index (κ2) is 9.68.